The molecule has 11 nitrogen and oxygen atoms in total. The summed E-state index contributed by atoms with van der Waals surface area (Å²) in [6.07, 6.45) is 7.79. The van der Waals surface area contributed by atoms with Crippen molar-refractivity contribution in [2.24, 2.45) is 7.05 Å². The molecule has 0 spiro atoms. The molecule has 2 N–H and O–H groups in total. The summed E-state index contributed by atoms with van der Waals surface area (Å²) in [7, 11) is -1.89. The molecule has 0 amide bonds. The number of aromatic nitrogens is 4. The lowest BCUT2D eigenvalue weighted by Crippen LogP contribution is -2.42. The third-order valence-corrected chi connectivity index (χ3v) is 8.37. The van der Waals surface area contributed by atoms with E-state index >= 15 is 0 Å². The summed E-state index contributed by atoms with van der Waals surface area (Å²) in [5.74, 6) is 0.473. The lowest BCUT2D eigenvalue weighted by atomic mass is 9.97. The third kappa shape index (κ3) is 4.80. The highest BCUT2D eigenvalue weighted by Crippen LogP contribution is 2.36. The first-order chi connectivity index (χ1) is 15.7. The molecule has 1 saturated heterocycles. The molecule has 2 aromatic heterocycles. The maximum Gasteiger partial charge on any atom is 0.246 e. The number of rotatable bonds is 7. The third-order valence-electron chi connectivity index (χ3n) is 6.52. The first kappa shape index (κ1) is 23.4. The van der Waals surface area contributed by atoms with Gasteiger partial charge in [0.05, 0.1) is 12.4 Å². The van der Waals surface area contributed by atoms with E-state index in [4.69, 9.17) is 4.74 Å². The quantitative estimate of drug-likeness (QED) is 0.607. The summed E-state index contributed by atoms with van der Waals surface area (Å²) in [5, 5.41) is 27.4. The average Bonchev–Trinajstić information content (AvgIpc) is 3.41. The van der Waals surface area contributed by atoms with Gasteiger partial charge in [-0.15, -0.1) is 0 Å². The molecule has 0 radical (unpaired) electrons. The number of nitrogens with zero attached hydrogens (tertiary/aromatic N) is 6. The van der Waals surface area contributed by atoms with Crippen molar-refractivity contribution >= 4 is 16.0 Å². The van der Waals surface area contributed by atoms with Gasteiger partial charge in [0, 0.05) is 32.4 Å². The van der Waals surface area contributed by atoms with Crippen LogP contribution < -0.4 is 10.1 Å². The lowest BCUT2D eigenvalue weighted by Gasteiger charge is -2.31. The van der Waals surface area contributed by atoms with E-state index in [1.807, 2.05) is 13.0 Å². The lowest BCUT2D eigenvalue weighted by molar-refractivity contribution is -0.0445. The van der Waals surface area contributed by atoms with Crippen LogP contribution in [0.2, 0.25) is 0 Å². The molecule has 2 fully saturated rings. The Morgan fingerprint density at radius 3 is 2.73 bits per heavy atom. The zero-order valence-corrected chi connectivity index (χ0v) is 19.6. The Labute approximate surface area is 193 Å². The van der Waals surface area contributed by atoms with Gasteiger partial charge in [0.2, 0.25) is 21.9 Å². The molecule has 3 heterocycles. The number of nitrogens with one attached hydrogen (secondary N) is 1. The molecule has 1 saturated carbocycles. The van der Waals surface area contributed by atoms with E-state index in [-0.39, 0.29) is 22.4 Å². The SMILES string of the molecule is CC[C@@]1(O)CCC[C@@H]1Oc1nc(NC2CCN(S(=O)(=O)c3cnn(C)c3)CC2)ncc1C#N. The summed E-state index contributed by atoms with van der Waals surface area (Å²) >= 11 is 0. The molecule has 178 valence electrons. The van der Waals surface area contributed by atoms with Crippen molar-refractivity contribution in [1.82, 2.24) is 24.1 Å². The van der Waals surface area contributed by atoms with Crippen LogP contribution in [0.5, 0.6) is 5.88 Å². The van der Waals surface area contributed by atoms with Gasteiger partial charge in [-0.2, -0.15) is 19.6 Å². The topological polar surface area (TPSA) is 146 Å². The van der Waals surface area contributed by atoms with Crippen LogP contribution >= 0.6 is 0 Å². The predicted molar refractivity (Wildman–Crippen MR) is 119 cm³/mol. The van der Waals surface area contributed by atoms with Gasteiger partial charge in [-0.3, -0.25) is 4.68 Å². The first-order valence-corrected chi connectivity index (χ1v) is 12.6. The number of aryl methyl sites for hydroxylation is 1. The smallest absolute Gasteiger partial charge is 0.246 e. The Balaban J connectivity index is 1.41. The van der Waals surface area contributed by atoms with Crippen LogP contribution in [0.3, 0.4) is 0 Å². The van der Waals surface area contributed by atoms with Crippen molar-refractivity contribution in [2.75, 3.05) is 18.4 Å². The zero-order chi connectivity index (χ0) is 23.6. The van der Waals surface area contributed by atoms with E-state index in [1.54, 1.807) is 7.05 Å². The molecule has 33 heavy (non-hydrogen) atoms. The van der Waals surface area contributed by atoms with Gasteiger partial charge in [-0.1, -0.05) is 6.92 Å². The standard InChI is InChI=1S/C21H29N7O4S/c1-3-21(29)8-4-5-18(21)32-19-15(11-22)12-23-20(26-19)25-16-6-9-28(10-7-16)33(30,31)17-13-24-27(2)14-17/h12-14,16,18,29H,3-10H2,1-2H3,(H,23,25,26)/t18-,21+/m0/s1. The van der Waals surface area contributed by atoms with Crippen molar-refractivity contribution in [2.45, 2.75) is 68.1 Å². The van der Waals surface area contributed by atoms with Crippen LogP contribution in [0.15, 0.2) is 23.5 Å². The van der Waals surface area contributed by atoms with E-state index in [0.717, 1.165) is 6.42 Å². The van der Waals surface area contributed by atoms with Crippen molar-refractivity contribution in [3.8, 4) is 11.9 Å². The second-order valence-corrected chi connectivity index (χ2v) is 10.6. The highest BCUT2D eigenvalue weighted by atomic mass is 32.2. The maximum atomic E-state index is 12.8. The van der Waals surface area contributed by atoms with Crippen molar-refractivity contribution in [1.29, 1.82) is 5.26 Å². The van der Waals surface area contributed by atoms with Crippen LogP contribution in [-0.2, 0) is 17.1 Å². The Hall–Kier alpha value is -2.75. The number of aliphatic hydroxyl groups is 1. The van der Waals surface area contributed by atoms with Gasteiger partial charge >= 0.3 is 0 Å². The zero-order valence-electron chi connectivity index (χ0n) is 18.8. The van der Waals surface area contributed by atoms with Gasteiger partial charge in [0.25, 0.3) is 0 Å². The van der Waals surface area contributed by atoms with Gasteiger partial charge < -0.3 is 15.2 Å². The molecule has 4 rings (SSSR count). The second-order valence-electron chi connectivity index (χ2n) is 8.65. The first-order valence-electron chi connectivity index (χ1n) is 11.2. The minimum atomic E-state index is -3.57. The fourth-order valence-corrected chi connectivity index (χ4v) is 5.89. The highest BCUT2D eigenvalue weighted by Gasteiger charge is 2.42. The summed E-state index contributed by atoms with van der Waals surface area (Å²) < 4.78 is 34.5. The fraction of sp³-hybridized carbons (Fsp3) is 0.619. The Bertz CT molecular complexity index is 1140. The Morgan fingerprint density at radius 2 is 2.09 bits per heavy atom. The Kier molecular flexibility index (Phi) is 6.56. The van der Waals surface area contributed by atoms with Crippen molar-refractivity contribution < 1.29 is 18.3 Å². The largest absolute Gasteiger partial charge is 0.470 e. The normalized spacial score (nSPS) is 24.5. The van der Waals surface area contributed by atoms with Crippen LogP contribution in [0.1, 0.15) is 51.0 Å². The molecule has 1 aliphatic carbocycles. The van der Waals surface area contributed by atoms with Gasteiger partial charge in [-0.25, -0.2) is 13.4 Å². The van der Waals surface area contributed by atoms with Crippen LogP contribution in [-0.4, -0.2) is 68.4 Å². The molecule has 0 bridgehead atoms. The van der Waals surface area contributed by atoms with E-state index < -0.39 is 21.7 Å². The number of sulfonamides is 1. The molecule has 2 aliphatic rings. The minimum Gasteiger partial charge on any atom is -0.470 e. The summed E-state index contributed by atoms with van der Waals surface area (Å²) in [6, 6.07) is 2.02. The van der Waals surface area contributed by atoms with Crippen LogP contribution in [0, 0.1) is 11.3 Å². The van der Waals surface area contributed by atoms with Crippen LogP contribution in [0.4, 0.5) is 5.95 Å². The van der Waals surface area contributed by atoms with E-state index in [9.17, 15) is 18.8 Å². The van der Waals surface area contributed by atoms with Crippen molar-refractivity contribution in [3.63, 3.8) is 0 Å². The predicted octanol–water partition coefficient (Wildman–Crippen LogP) is 1.42. The number of ether oxygens (including phenoxy) is 1. The number of hydrogen-bond donors (Lipinski definition) is 2. The van der Waals surface area contributed by atoms with E-state index in [0.29, 0.717) is 51.1 Å². The van der Waals surface area contributed by atoms with Crippen LogP contribution in [0.25, 0.3) is 0 Å². The summed E-state index contributed by atoms with van der Waals surface area (Å²) in [4.78, 5) is 8.81. The number of piperidine rings is 1. The van der Waals surface area contributed by atoms with E-state index in [2.05, 4.69) is 20.4 Å². The molecule has 2 atom stereocenters. The summed E-state index contributed by atoms with van der Waals surface area (Å²) in [5.41, 5.74) is -0.707. The second kappa shape index (κ2) is 9.24. The number of anilines is 1. The monoisotopic (exact) mass is 475 g/mol. The molecular formula is C21H29N7O4S. The minimum absolute atomic E-state index is 0.0230. The molecule has 12 heteroatoms. The van der Waals surface area contributed by atoms with Crippen molar-refractivity contribution in [3.05, 3.63) is 24.2 Å². The summed E-state index contributed by atoms with van der Waals surface area (Å²) in [6.45, 7) is 2.64. The van der Waals surface area contributed by atoms with Gasteiger partial charge in [0.1, 0.15) is 28.2 Å². The molecule has 0 unspecified atom stereocenters. The Morgan fingerprint density at radius 1 is 1.33 bits per heavy atom. The number of nitriles is 1. The molecule has 1 aliphatic heterocycles. The maximum absolute atomic E-state index is 12.8. The molecule has 2 aromatic rings. The molecular weight excluding hydrogens is 446 g/mol. The average molecular weight is 476 g/mol. The number of hydrogen-bond acceptors (Lipinski definition) is 9. The van der Waals surface area contributed by atoms with E-state index in [1.165, 1.54) is 27.6 Å². The molecule has 0 aromatic carbocycles. The highest BCUT2D eigenvalue weighted by molar-refractivity contribution is 7.89. The van der Waals surface area contributed by atoms with Gasteiger partial charge in [0.15, 0.2) is 0 Å². The van der Waals surface area contributed by atoms with Gasteiger partial charge in [-0.05, 0) is 38.5 Å². The fourth-order valence-electron chi connectivity index (χ4n) is 4.44.